The van der Waals surface area contributed by atoms with Crippen molar-refractivity contribution in [1.29, 1.82) is 0 Å². The van der Waals surface area contributed by atoms with E-state index in [1.807, 2.05) is 41.3 Å². The molecule has 2 heterocycles. The van der Waals surface area contributed by atoms with Crippen LogP contribution >= 0.6 is 0 Å². The maximum absolute atomic E-state index is 12.5. The maximum atomic E-state index is 12.5. The molecule has 2 aliphatic rings. The van der Waals surface area contributed by atoms with E-state index in [9.17, 15) is 14.4 Å². The number of para-hydroxylation sites is 2. The van der Waals surface area contributed by atoms with Gasteiger partial charge in [-0.1, -0.05) is 42.5 Å². The van der Waals surface area contributed by atoms with E-state index in [1.165, 1.54) is 0 Å². The zero-order valence-corrected chi connectivity index (χ0v) is 17.8. The van der Waals surface area contributed by atoms with Crippen LogP contribution in [0.1, 0.15) is 24.8 Å². The standard InChI is InChI=1S/C24H27N3O5/c28-22(11-10-17-6-2-1-3-7-17)27-14-12-18(13-15-27)23(29)25-26-24(30)21-16-31-19-8-4-5-9-20(19)32-21/h1-9,18,21H,10-16H2,(H,25,29)(H,26,30). The highest BCUT2D eigenvalue weighted by atomic mass is 16.6. The average Bonchev–Trinajstić information content (AvgIpc) is 2.86. The van der Waals surface area contributed by atoms with Gasteiger partial charge in [-0.25, -0.2) is 0 Å². The molecule has 1 fully saturated rings. The minimum Gasteiger partial charge on any atom is -0.485 e. The summed E-state index contributed by atoms with van der Waals surface area (Å²) < 4.78 is 11.2. The van der Waals surface area contributed by atoms with Crippen LogP contribution in [-0.2, 0) is 20.8 Å². The number of carbonyl (C=O) groups excluding carboxylic acids is 3. The third-order valence-electron chi connectivity index (χ3n) is 5.80. The van der Waals surface area contributed by atoms with E-state index in [4.69, 9.17) is 9.47 Å². The second-order valence-corrected chi connectivity index (χ2v) is 7.98. The molecule has 168 valence electrons. The number of ether oxygens (including phenoxy) is 2. The van der Waals surface area contributed by atoms with Gasteiger partial charge in [0.15, 0.2) is 11.5 Å². The number of fused-ring (bicyclic) bond motifs is 1. The van der Waals surface area contributed by atoms with Crippen molar-refractivity contribution < 1.29 is 23.9 Å². The predicted molar refractivity (Wildman–Crippen MR) is 117 cm³/mol. The summed E-state index contributed by atoms with van der Waals surface area (Å²) in [5, 5.41) is 0. The fraction of sp³-hybridized carbons (Fsp3) is 0.375. The van der Waals surface area contributed by atoms with Crippen LogP contribution < -0.4 is 20.3 Å². The number of hydrogen-bond acceptors (Lipinski definition) is 5. The van der Waals surface area contributed by atoms with Gasteiger partial charge < -0.3 is 14.4 Å². The first-order chi connectivity index (χ1) is 15.6. The molecule has 1 saturated heterocycles. The summed E-state index contributed by atoms with van der Waals surface area (Å²) in [4.78, 5) is 39.1. The molecule has 8 heteroatoms. The second kappa shape index (κ2) is 10.2. The molecule has 0 spiro atoms. The first-order valence-electron chi connectivity index (χ1n) is 10.9. The van der Waals surface area contributed by atoms with Crippen molar-refractivity contribution in [2.75, 3.05) is 19.7 Å². The number of nitrogens with one attached hydrogen (secondary N) is 2. The van der Waals surface area contributed by atoms with Crippen molar-refractivity contribution in [3.05, 3.63) is 60.2 Å². The Kier molecular flexibility index (Phi) is 6.89. The van der Waals surface area contributed by atoms with E-state index in [-0.39, 0.29) is 24.3 Å². The lowest BCUT2D eigenvalue weighted by atomic mass is 9.95. The maximum Gasteiger partial charge on any atom is 0.283 e. The lowest BCUT2D eigenvalue weighted by Gasteiger charge is -2.31. The molecule has 0 aliphatic carbocycles. The molecule has 1 unspecified atom stereocenters. The van der Waals surface area contributed by atoms with Gasteiger partial charge in [-0.15, -0.1) is 0 Å². The van der Waals surface area contributed by atoms with Crippen molar-refractivity contribution in [2.45, 2.75) is 31.8 Å². The highest BCUT2D eigenvalue weighted by molar-refractivity contribution is 5.86. The third-order valence-corrected chi connectivity index (χ3v) is 5.80. The second-order valence-electron chi connectivity index (χ2n) is 7.98. The average molecular weight is 437 g/mol. The Morgan fingerprint density at radius 2 is 1.53 bits per heavy atom. The molecule has 2 aromatic carbocycles. The Morgan fingerprint density at radius 1 is 0.875 bits per heavy atom. The molecule has 2 aliphatic heterocycles. The summed E-state index contributed by atoms with van der Waals surface area (Å²) in [6.45, 7) is 1.15. The fourth-order valence-corrected chi connectivity index (χ4v) is 3.90. The summed E-state index contributed by atoms with van der Waals surface area (Å²) in [6.07, 6.45) is 1.46. The van der Waals surface area contributed by atoms with E-state index < -0.39 is 12.0 Å². The molecule has 3 amide bonds. The molecule has 2 aromatic rings. The normalized spacial score (nSPS) is 18.0. The van der Waals surface area contributed by atoms with Gasteiger partial charge in [0.2, 0.25) is 17.9 Å². The summed E-state index contributed by atoms with van der Waals surface area (Å²) in [5.74, 6) is 0.210. The number of carbonyl (C=O) groups is 3. The van der Waals surface area contributed by atoms with E-state index in [0.29, 0.717) is 50.3 Å². The number of aryl methyl sites for hydroxylation is 1. The highest BCUT2D eigenvalue weighted by Crippen LogP contribution is 2.30. The van der Waals surface area contributed by atoms with Crippen molar-refractivity contribution >= 4 is 17.7 Å². The van der Waals surface area contributed by atoms with Gasteiger partial charge >= 0.3 is 0 Å². The van der Waals surface area contributed by atoms with Crippen molar-refractivity contribution in [3.8, 4) is 11.5 Å². The van der Waals surface area contributed by atoms with Gasteiger partial charge in [-0.05, 0) is 37.0 Å². The zero-order valence-electron chi connectivity index (χ0n) is 17.8. The summed E-state index contributed by atoms with van der Waals surface area (Å²) in [7, 11) is 0. The first-order valence-corrected chi connectivity index (χ1v) is 10.9. The Morgan fingerprint density at radius 3 is 2.28 bits per heavy atom. The Labute approximate surface area is 186 Å². The van der Waals surface area contributed by atoms with Gasteiger partial charge in [0.05, 0.1) is 0 Å². The van der Waals surface area contributed by atoms with Gasteiger partial charge in [0, 0.05) is 25.4 Å². The molecule has 4 rings (SSSR count). The van der Waals surface area contributed by atoms with Gasteiger partial charge in [0.25, 0.3) is 5.91 Å². The third kappa shape index (κ3) is 5.38. The summed E-state index contributed by atoms with van der Waals surface area (Å²) in [6, 6.07) is 17.0. The number of piperidine rings is 1. The molecule has 8 nitrogen and oxygen atoms in total. The molecule has 2 N–H and O–H groups in total. The molecule has 0 saturated carbocycles. The van der Waals surface area contributed by atoms with Gasteiger partial charge in [0.1, 0.15) is 6.61 Å². The number of rotatable bonds is 5. The van der Waals surface area contributed by atoms with Crippen LogP contribution in [0.4, 0.5) is 0 Å². The van der Waals surface area contributed by atoms with Crippen molar-refractivity contribution in [1.82, 2.24) is 15.8 Å². The lowest BCUT2D eigenvalue weighted by molar-refractivity contribution is -0.138. The SMILES string of the molecule is O=C(NNC(=O)C1COc2ccccc2O1)C1CCN(C(=O)CCc2ccccc2)CC1. The molecule has 32 heavy (non-hydrogen) atoms. The Balaban J connectivity index is 1.17. The zero-order chi connectivity index (χ0) is 22.3. The number of likely N-dealkylation sites (tertiary alicyclic amines) is 1. The van der Waals surface area contributed by atoms with Gasteiger partial charge in [-0.2, -0.15) is 0 Å². The van der Waals surface area contributed by atoms with Crippen LogP contribution in [-0.4, -0.2) is 48.4 Å². The van der Waals surface area contributed by atoms with Crippen molar-refractivity contribution in [3.63, 3.8) is 0 Å². The molecule has 0 bridgehead atoms. The van der Waals surface area contributed by atoms with Crippen molar-refractivity contribution in [2.24, 2.45) is 5.92 Å². The first kappa shape index (κ1) is 21.7. The molecule has 1 atom stereocenters. The van der Waals surface area contributed by atoms with Crippen LogP contribution in [0.3, 0.4) is 0 Å². The Bertz CT molecular complexity index is 957. The van der Waals surface area contributed by atoms with E-state index >= 15 is 0 Å². The van der Waals surface area contributed by atoms with E-state index in [0.717, 1.165) is 5.56 Å². The quantitative estimate of drug-likeness (QED) is 0.696. The molecule has 0 aromatic heterocycles. The number of hydrazine groups is 1. The number of hydrogen-bond donors (Lipinski definition) is 2. The molecule has 0 radical (unpaired) electrons. The number of benzene rings is 2. The molecular weight excluding hydrogens is 410 g/mol. The van der Waals surface area contributed by atoms with E-state index in [2.05, 4.69) is 10.9 Å². The van der Waals surface area contributed by atoms with Crippen LogP contribution in [0.15, 0.2) is 54.6 Å². The Hall–Kier alpha value is -3.55. The van der Waals surface area contributed by atoms with Crippen LogP contribution in [0.5, 0.6) is 11.5 Å². The predicted octanol–water partition coefficient (Wildman–Crippen LogP) is 1.85. The monoisotopic (exact) mass is 437 g/mol. The highest BCUT2D eigenvalue weighted by Gasteiger charge is 2.30. The topological polar surface area (TPSA) is 97.0 Å². The minimum absolute atomic E-state index is 0.0716. The number of amides is 3. The summed E-state index contributed by atoms with van der Waals surface area (Å²) in [5.41, 5.74) is 6.06. The smallest absolute Gasteiger partial charge is 0.283 e. The summed E-state index contributed by atoms with van der Waals surface area (Å²) >= 11 is 0. The molecular formula is C24H27N3O5. The number of nitrogens with zero attached hydrogens (tertiary/aromatic N) is 1. The van der Waals surface area contributed by atoms with Crippen LogP contribution in [0, 0.1) is 5.92 Å². The lowest BCUT2D eigenvalue weighted by Crippen LogP contribution is -2.53. The minimum atomic E-state index is -0.839. The van der Waals surface area contributed by atoms with Crippen LogP contribution in [0.25, 0.3) is 0 Å². The van der Waals surface area contributed by atoms with Crippen LogP contribution in [0.2, 0.25) is 0 Å². The van der Waals surface area contributed by atoms with E-state index in [1.54, 1.807) is 18.2 Å². The largest absolute Gasteiger partial charge is 0.485 e. The fourth-order valence-electron chi connectivity index (χ4n) is 3.90. The van der Waals surface area contributed by atoms with Gasteiger partial charge in [-0.3, -0.25) is 25.2 Å².